The third-order valence-corrected chi connectivity index (χ3v) is 16.8. The summed E-state index contributed by atoms with van der Waals surface area (Å²) < 4.78 is 0. The maximum atomic E-state index is 2.31. The van der Waals surface area contributed by atoms with Crippen LogP contribution >= 0.6 is 7.92 Å². The molecule has 0 radical (unpaired) electrons. The molecule has 0 unspecified atom stereocenters. The fourth-order valence-electron chi connectivity index (χ4n) is 10.2. The molecule has 392 valence electrons. The predicted octanol–water partition coefficient (Wildman–Crippen LogP) is 20.4. The molecule has 0 bridgehead atoms. The Hall–Kier alpha value is -10.3. The largest absolute Gasteiger partial charge is 0.311 e. The van der Waals surface area contributed by atoms with Crippen LogP contribution in [0.1, 0.15) is 33.4 Å². The molecule has 0 aliphatic heterocycles. The molecule has 0 saturated carbocycles. The standard InChI is InChI=1S/C78H60N3P/c1-7-19-67(20-8-1)79(68-21-9-2-10-22-68)73-49-37-61(38-50-73)31-34-64-43-55-76(56-44-64)82(77-57-45-65(46-58-77)35-32-62-39-51-74(52-40-62)80(69-23-11-3-12-24-69)70-25-13-4-14-26-70)78-59-47-66(48-60-78)36-33-63-41-53-75(54-42-63)81(71-27-15-5-16-28-71)72-29-17-6-18-30-72/h1-60H/b34-31+,35-32+,36-33+. The van der Waals surface area contributed by atoms with Gasteiger partial charge >= 0.3 is 0 Å². The van der Waals surface area contributed by atoms with Crippen molar-refractivity contribution in [3.63, 3.8) is 0 Å². The fourth-order valence-corrected chi connectivity index (χ4v) is 12.5. The first-order chi connectivity index (χ1) is 40.6. The molecule has 0 aliphatic carbocycles. The fraction of sp³-hybridized carbons (Fsp3) is 0. The second-order valence-corrected chi connectivity index (χ2v) is 22.1. The Morgan fingerprint density at radius 3 is 0.476 bits per heavy atom. The van der Waals surface area contributed by atoms with E-state index >= 15 is 0 Å². The second kappa shape index (κ2) is 25.7. The first kappa shape index (κ1) is 52.4. The summed E-state index contributed by atoms with van der Waals surface area (Å²) in [5.41, 5.74) is 17.0. The van der Waals surface area contributed by atoms with E-state index in [2.05, 4.69) is 379 Å². The zero-order chi connectivity index (χ0) is 55.1. The molecule has 12 aromatic carbocycles. The van der Waals surface area contributed by atoms with Crippen molar-refractivity contribution in [3.05, 3.63) is 361 Å². The zero-order valence-electron chi connectivity index (χ0n) is 45.4. The lowest BCUT2D eigenvalue weighted by molar-refractivity contribution is 1.28. The molecular formula is C78H60N3P. The van der Waals surface area contributed by atoms with Crippen molar-refractivity contribution in [2.24, 2.45) is 0 Å². The molecule has 0 heterocycles. The lowest BCUT2D eigenvalue weighted by Gasteiger charge is -2.25. The number of nitrogens with zero attached hydrogens (tertiary/aromatic N) is 3. The maximum absolute atomic E-state index is 2.31. The van der Waals surface area contributed by atoms with E-state index in [0.29, 0.717) is 0 Å². The minimum Gasteiger partial charge on any atom is -0.311 e. The topological polar surface area (TPSA) is 9.72 Å². The monoisotopic (exact) mass is 1070 g/mol. The van der Waals surface area contributed by atoms with Gasteiger partial charge in [0, 0.05) is 51.2 Å². The molecule has 82 heavy (non-hydrogen) atoms. The second-order valence-electron chi connectivity index (χ2n) is 19.9. The number of benzene rings is 12. The van der Waals surface area contributed by atoms with Crippen molar-refractivity contribution in [2.45, 2.75) is 0 Å². The molecule has 0 aliphatic rings. The number of anilines is 9. The molecule has 0 spiro atoms. The van der Waals surface area contributed by atoms with Crippen LogP contribution in [0.2, 0.25) is 0 Å². The van der Waals surface area contributed by atoms with Gasteiger partial charge in [0.1, 0.15) is 0 Å². The van der Waals surface area contributed by atoms with Crippen LogP contribution in [0.4, 0.5) is 51.2 Å². The van der Waals surface area contributed by atoms with Crippen molar-refractivity contribution in [1.82, 2.24) is 0 Å². The van der Waals surface area contributed by atoms with Crippen LogP contribution in [0, 0.1) is 0 Å². The summed E-state index contributed by atoms with van der Waals surface area (Å²) in [6.45, 7) is 0. The van der Waals surface area contributed by atoms with E-state index in [-0.39, 0.29) is 0 Å². The van der Waals surface area contributed by atoms with Gasteiger partial charge in [0.25, 0.3) is 0 Å². The van der Waals surface area contributed by atoms with Gasteiger partial charge in [-0.3, -0.25) is 0 Å². The molecule has 12 aromatic rings. The quantitative estimate of drug-likeness (QED) is 0.0626. The van der Waals surface area contributed by atoms with Gasteiger partial charge in [0.05, 0.1) is 0 Å². The summed E-state index contributed by atoms with van der Waals surface area (Å²) in [6, 6.07) is 117. The van der Waals surface area contributed by atoms with Crippen LogP contribution in [0.5, 0.6) is 0 Å². The van der Waals surface area contributed by atoms with Gasteiger partial charge in [-0.25, -0.2) is 0 Å². The van der Waals surface area contributed by atoms with Gasteiger partial charge in [-0.2, -0.15) is 0 Å². The zero-order valence-corrected chi connectivity index (χ0v) is 46.3. The Kier molecular flexibility index (Phi) is 16.4. The lowest BCUT2D eigenvalue weighted by atomic mass is 10.1. The van der Waals surface area contributed by atoms with Crippen LogP contribution in [-0.2, 0) is 0 Å². The van der Waals surface area contributed by atoms with Crippen LogP contribution in [0.25, 0.3) is 36.5 Å². The van der Waals surface area contributed by atoms with Crippen molar-refractivity contribution in [1.29, 1.82) is 0 Å². The Morgan fingerprint density at radius 1 is 0.159 bits per heavy atom. The van der Waals surface area contributed by atoms with Gasteiger partial charge in [-0.1, -0.05) is 255 Å². The first-order valence-corrected chi connectivity index (χ1v) is 29.1. The van der Waals surface area contributed by atoms with E-state index in [9.17, 15) is 0 Å². The Balaban J connectivity index is 0.785. The highest BCUT2D eigenvalue weighted by Gasteiger charge is 2.18. The Morgan fingerprint density at radius 2 is 0.305 bits per heavy atom. The highest BCUT2D eigenvalue weighted by molar-refractivity contribution is 7.79. The van der Waals surface area contributed by atoms with Crippen molar-refractivity contribution < 1.29 is 0 Å². The van der Waals surface area contributed by atoms with E-state index in [0.717, 1.165) is 84.6 Å². The molecule has 0 amide bonds. The van der Waals surface area contributed by atoms with E-state index in [1.807, 2.05) is 0 Å². The van der Waals surface area contributed by atoms with E-state index < -0.39 is 7.92 Å². The molecule has 0 aromatic heterocycles. The van der Waals surface area contributed by atoms with Gasteiger partial charge < -0.3 is 14.7 Å². The van der Waals surface area contributed by atoms with E-state index in [4.69, 9.17) is 0 Å². The van der Waals surface area contributed by atoms with Crippen LogP contribution < -0.4 is 30.6 Å². The molecule has 0 saturated heterocycles. The Labute approximate surface area is 484 Å². The molecule has 0 N–H and O–H groups in total. The third-order valence-electron chi connectivity index (χ3n) is 14.4. The molecule has 12 rings (SSSR count). The summed E-state index contributed by atoms with van der Waals surface area (Å²) in [7, 11) is -0.875. The predicted molar refractivity (Wildman–Crippen MR) is 355 cm³/mol. The lowest BCUT2D eigenvalue weighted by Crippen LogP contribution is -2.20. The van der Waals surface area contributed by atoms with Crippen molar-refractivity contribution in [3.8, 4) is 0 Å². The van der Waals surface area contributed by atoms with Crippen LogP contribution in [0.3, 0.4) is 0 Å². The van der Waals surface area contributed by atoms with Gasteiger partial charge in [-0.15, -0.1) is 0 Å². The van der Waals surface area contributed by atoms with Gasteiger partial charge in [0.2, 0.25) is 0 Å². The summed E-state index contributed by atoms with van der Waals surface area (Å²) >= 11 is 0. The highest BCUT2D eigenvalue weighted by atomic mass is 31.1. The minimum absolute atomic E-state index is 0.875. The average molecular weight is 1070 g/mol. The summed E-state index contributed by atoms with van der Waals surface area (Å²) in [6.07, 6.45) is 13.2. The summed E-state index contributed by atoms with van der Waals surface area (Å²) in [5.74, 6) is 0. The van der Waals surface area contributed by atoms with Crippen LogP contribution in [-0.4, -0.2) is 0 Å². The number of hydrogen-bond donors (Lipinski definition) is 0. The molecule has 0 fully saturated rings. The van der Waals surface area contributed by atoms with E-state index in [1.165, 1.54) is 15.9 Å². The van der Waals surface area contributed by atoms with Crippen molar-refractivity contribution in [2.75, 3.05) is 14.7 Å². The normalized spacial score (nSPS) is 11.4. The summed E-state index contributed by atoms with van der Waals surface area (Å²) in [5, 5.41) is 3.89. The number of para-hydroxylation sites is 6. The average Bonchev–Trinajstić information content (AvgIpc) is 3.75. The van der Waals surface area contributed by atoms with E-state index in [1.54, 1.807) is 0 Å². The third kappa shape index (κ3) is 12.7. The first-order valence-electron chi connectivity index (χ1n) is 27.8. The van der Waals surface area contributed by atoms with Gasteiger partial charge in [0.15, 0.2) is 0 Å². The summed E-state index contributed by atoms with van der Waals surface area (Å²) in [4.78, 5) is 6.87. The van der Waals surface area contributed by atoms with Crippen molar-refractivity contribution >= 4 is 111 Å². The Bertz CT molecular complexity index is 3460. The van der Waals surface area contributed by atoms with Gasteiger partial charge in [-0.05, 0) is 166 Å². The van der Waals surface area contributed by atoms with Crippen LogP contribution in [0.15, 0.2) is 328 Å². The maximum Gasteiger partial charge on any atom is 0.0462 e. The number of rotatable bonds is 18. The molecule has 0 atom stereocenters. The molecular weight excluding hydrogens is 1010 g/mol. The highest BCUT2D eigenvalue weighted by Crippen LogP contribution is 2.38. The SMILES string of the molecule is C(=C\c1ccc(P(c2ccc(/C=C/c3ccc(N(c4ccccc4)c4ccccc4)cc3)cc2)c2ccc(/C=C/c3ccc(N(c4ccccc4)c4ccccc4)cc3)cc2)cc1)/c1ccc(N(c2ccccc2)c2ccccc2)cc1. The smallest absolute Gasteiger partial charge is 0.0462 e. The molecule has 3 nitrogen and oxygen atoms in total. The minimum atomic E-state index is -0.875. The molecule has 4 heteroatoms. The number of hydrogen-bond acceptors (Lipinski definition) is 3.